The fourth-order valence-corrected chi connectivity index (χ4v) is 2.55. The summed E-state index contributed by atoms with van der Waals surface area (Å²) in [6, 6.07) is 4.06. The second kappa shape index (κ2) is 5.75. The predicted octanol–water partition coefficient (Wildman–Crippen LogP) is 3.46. The molecule has 0 radical (unpaired) electrons. The van der Waals surface area contributed by atoms with Gasteiger partial charge in [-0.1, -0.05) is 5.16 Å². The summed E-state index contributed by atoms with van der Waals surface area (Å²) in [6.07, 6.45) is 4.87. The summed E-state index contributed by atoms with van der Waals surface area (Å²) in [5.41, 5.74) is 9.21. The fourth-order valence-electron chi connectivity index (χ4n) is 2.55. The van der Waals surface area contributed by atoms with Gasteiger partial charge in [-0.25, -0.2) is 0 Å². The van der Waals surface area contributed by atoms with Gasteiger partial charge in [0.05, 0.1) is 6.61 Å². The summed E-state index contributed by atoms with van der Waals surface area (Å²) in [5, 5.41) is 3.93. The van der Waals surface area contributed by atoms with E-state index in [1.165, 1.54) is 5.56 Å². The van der Waals surface area contributed by atoms with Gasteiger partial charge in [-0.15, -0.1) is 0 Å². The van der Waals surface area contributed by atoms with Gasteiger partial charge in [0.2, 0.25) is 0 Å². The summed E-state index contributed by atoms with van der Waals surface area (Å²) < 4.78 is 16.6. The van der Waals surface area contributed by atoms with Crippen molar-refractivity contribution in [3.05, 3.63) is 34.7 Å². The summed E-state index contributed by atoms with van der Waals surface area (Å²) >= 11 is 0. The standard InChI is InChI=1S/C17H20N2O3/c1-4-20-15-9-13-7-10(2)21-16(13)8-12(15)5-6-14-17(18)11(3)22-19-14/h5-6,8-10H,4,7,18H2,1-3H3. The molecule has 0 aliphatic carbocycles. The van der Waals surface area contributed by atoms with Crippen LogP contribution in [0.2, 0.25) is 0 Å². The number of fused-ring (bicyclic) bond motifs is 1. The molecule has 0 saturated carbocycles. The zero-order chi connectivity index (χ0) is 15.7. The lowest BCUT2D eigenvalue weighted by Crippen LogP contribution is -2.05. The first kappa shape index (κ1) is 14.5. The van der Waals surface area contributed by atoms with Gasteiger partial charge in [0.15, 0.2) is 5.76 Å². The lowest BCUT2D eigenvalue weighted by atomic mass is 10.1. The minimum atomic E-state index is 0.206. The normalized spacial score (nSPS) is 16.8. The number of aryl methyl sites for hydroxylation is 1. The second-order valence-corrected chi connectivity index (χ2v) is 5.43. The Morgan fingerprint density at radius 3 is 2.91 bits per heavy atom. The predicted molar refractivity (Wildman–Crippen MR) is 86.0 cm³/mol. The summed E-state index contributed by atoms with van der Waals surface area (Å²) in [7, 11) is 0. The Morgan fingerprint density at radius 2 is 2.23 bits per heavy atom. The number of nitrogens with two attached hydrogens (primary N) is 1. The van der Waals surface area contributed by atoms with Gasteiger partial charge < -0.3 is 19.7 Å². The number of ether oxygens (including phenoxy) is 2. The number of rotatable bonds is 4. The van der Waals surface area contributed by atoms with Crippen molar-refractivity contribution in [1.82, 2.24) is 5.16 Å². The van der Waals surface area contributed by atoms with Crippen LogP contribution in [-0.2, 0) is 6.42 Å². The van der Waals surface area contributed by atoms with Gasteiger partial charge in [0, 0.05) is 17.5 Å². The van der Waals surface area contributed by atoms with E-state index in [0.29, 0.717) is 23.7 Å². The van der Waals surface area contributed by atoms with Crippen LogP contribution in [0, 0.1) is 6.92 Å². The molecule has 2 heterocycles. The summed E-state index contributed by atoms with van der Waals surface area (Å²) in [5.74, 6) is 2.38. The third-order valence-corrected chi connectivity index (χ3v) is 3.69. The lowest BCUT2D eigenvalue weighted by Gasteiger charge is -2.09. The van der Waals surface area contributed by atoms with Gasteiger partial charge in [-0.3, -0.25) is 0 Å². The maximum absolute atomic E-state index is 5.91. The van der Waals surface area contributed by atoms with Crippen LogP contribution in [-0.4, -0.2) is 17.9 Å². The molecule has 0 saturated heterocycles. The molecule has 3 rings (SSSR count). The number of anilines is 1. The van der Waals surface area contributed by atoms with Gasteiger partial charge >= 0.3 is 0 Å². The zero-order valence-corrected chi connectivity index (χ0v) is 13.1. The Balaban J connectivity index is 1.95. The van der Waals surface area contributed by atoms with E-state index in [1.807, 2.05) is 25.1 Å². The molecule has 1 unspecified atom stereocenters. The Labute approximate surface area is 129 Å². The Hall–Kier alpha value is -2.43. The van der Waals surface area contributed by atoms with Gasteiger partial charge in [-0.2, -0.15) is 0 Å². The molecule has 5 nitrogen and oxygen atoms in total. The first-order chi connectivity index (χ1) is 10.6. The van der Waals surface area contributed by atoms with Crippen LogP contribution in [0.15, 0.2) is 16.7 Å². The van der Waals surface area contributed by atoms with E-state index < -0.39 is 0 Å². The molecule has 5 heteroatoms. The van der Waals surface area contributed by atoms with E-state index in [9.17, 15) is 0 Å². The van der Waals surface area contributed by atoms with Crippen molar-refractivity contribution in [2.45, 2.75) is 33.3 Å². The van der Waals surface area contributed by atoms with Crippen molar-refractivity contribution in [3.63, 3.8) is 0 Å². The first-order valence-electron chi connectivity index (χ1n) is 7.44. The van der Waals surface area contributed by atoms with E-state index in [-0.39, 0.29) is 6.10 Å². The van der Waals surface area contributed by atoms with Crippen LogP contribution in [0.1, 0.15) is 36.4 Å². The number of nitrogen functional groups attached to an aromatic ring is 1. The first-order valence-corrected chi connectivity index (χ1v) is 7.44. The number of nitrogens with zero attached hydrogens (tertiary/aromatic N) is 1. The molecular weight excluding hydrogens is 280 g/mol. The van der Waals surface area contributed by atoms with Gasteiger partial charge in [-0.05, 0) is 45.1 Å². The molecule has 2 N–H and O–H groups in total. The maximum atomic E-state index is 5.91. The largest absolute Gasteiger partial charge is 0.493 e. The van der Waals surface area contributed by atoms with E-state index >= 15 is 0 Å². The average Bonchev–Trinajstić information content (AvgIpc) is 3.00. The molecule has 0 fully saturated rings. The second-order valence-electron chi connectivity index (χ2n) is 5.43. The van der Waals surface area contributed by atoms with Crippen LogP contribution in [0.3, 0.4) is 0 Å². The molecule has 116 valence electrons. The molecule has 0 amide bonds. The van der Waals surface area contributed by atoms with Crippen molar-refractivity contribution in [3.8, 4) is 11.5 Å². The third-order valence-electron chi connectivity index (χ3n) is 3.69. The molecule has 1 aromatic carbocycles. The van der Waals surface area contributed by atoms with Crippen LogP contribution in [0.5, 0.6) is 11.5 Å². The highest BCUT2D eigenvalue weighted by Crippen LogP contribution is 2.36. The number of benzene rings is 1. The zero-order valence-electron chi connectivity index (χ0n) is 13.1. The molecular formula is C17H20N2O3. The van der Waals surface area contributed by atoms with E-state index in [4.69, 9.17) is 19.7 Å². The summed E-state index contributed by atoms with van der Waals surface area (Å²) in [4.78, 5) is 0. The molecule has 1 aliphatic heterocycles. The van der Waals surface area contributed by atoms with E-state index in [0.717, 1.165) is 23.5 Å². The van der Waals surface area contributed by atoms with Crippen molar-refractivity contribution >= 4 is 17.8 Å². The number of hydrogen-bond acceptors (Lipinski definition) is 5. The monoisotopic (exact) mass is 300 g/mol. The average molecular weight is 300 g/mol. The molecule has 1 aliphatic rings. The molecule has 1 atom stereocenters. The van der Waals surface area contributed by atoms with Crippen molar-refractivity contribution < 1.29 is 14.0 Å². The molecule has 0 bridgehead atoms. The van der Waals surface area contributed by atoms with E-state index in [2.05, 4.69) is 18.1 Å². The highest BCUT2D eigenvalue weighted by molar-refractivity contribution is 5.77. The van der Waals surface area contributed by atoms with Gasteiger partial charge in [0.25, 0.3) is 0 Å². The van der Waals surface area contributed by atoms with Crippen LogP contribution >= 0.6 is 0 Å². The third kappa shape index (κ3) is 2.66. The van der Waals surface area contributed by atoms with Crippen molar-refractivity contribution in [1.29, 1.82) is 0 Å². The van der Waals surface area contributed by atoms with Crippen molar-refractivity contribution in [2.75, 3.05) is 12.3 Å². The van der Waals surface area contributed by atoms with Crippen LogP contribution < -0.4 is 15.2 Å². The lowest BCUT2D eigenvalue weighted by molar-refractivity contribution is 0.254. The minimum absolute atomic E-state index is 0.206. The van der Waals surface area contributed by atoms with Gasteiger partial charge in [0.1, 0.15) is 29.0 Å². The topological polar surface area (TPSA) is 70.5 Å². The SMILES string of the molecule is CCOc1cc2c(cc1C=Cc1noc(C)c1N)OC(C)C2. The Kier molecular flexibility index (Phi) is 3.79. The minimum Gasteiger partial charge on any atom is -0.493 e. The maximum Gasteiger partial charge on any atom is 0.157 e. The fraction of sp³-hybridized carbons (Fsp3) is 0.353. The summed E-state index contributed by atoms with van der Waals surface area (Å²) in [6.45, 7) is 6.44. The van der Waals surface area contributed by atoms with Crippen LogP contribution in [0.25, 0.3) is 12.2 Å². The quantitative estimate of drug-likeness (QED) is 0.936. The molecule has 22 heavy (non-hydrogen) atoms. The smallest absolute Gasteiger partial charge is 0.157 e. The van der Waals surface area contributed by atoms with Crippen molar-refractivity contribution in [2.24, 2.45) is 0 Å². The molecule has 1 aromatic heterocycles. The Morgan fingerprint density at radius 1 is 1.41 bits per heavy atom. The molecule has 2 aromatic rings. The van der Waals surface area contributed by atoms with E-state index in [1.54, 1.807) is 6.92 Å². The highest BCUT2D eigenvalue weighted by atomic mass is 16.5. The highest BCUT2D eigenvalue weighted by Gasteiger charge is 2.21. The van der Waals surface area contributed by atoms with Crippen LogP contribution in [0.4, 0.5) is 5.69 Å². The Bertz CT molecular complexity index is 719. The number of aromatic nitrogens is 1. The number of hydrogen-bond donors (Lipinski definition) is 1. The molecule has 0 spiro atoms.